The van der Waals surface area contributed by atoms with Crippen LogP contribution in [0.1, 0.15) is 15.4 Å². The van der Waals surface area contributed by atoms with E-state index < -0.39 is 0 Å². The van der Waals surface area contributed by atoms with Crippen molar-refractivity contribution in [1.82, 2.24) is 10.4 Å². The van der Waals surface area contributed by atoms with Crippen molar-refractivity contribution in [3.8, 4) is 0 Å². The van der Waals surface area contributed by atoms with Crippen LogP contribution in [0.15, 0.2) is 40.9 Å². The summed E-state index contributed by atoms with van der Waals surface area (Å²) in [6.07, 6.45) is 3.31. The predicted octanol–water partition coefficient (Wildman–Crippen LogP) is 1.84. The van der Waals surface area contributed by atoms with Gasteiger partial charge in [0, 0.05) is 11.1 Å². The highest BCUT2D eigenvalue weighted by Crippen LogP contribution is 2.04. The summed E-state index contributed by atoms with van der Waals surface area (Å²) in [5.74, 6) is -0.243. The molecular formula is C10H9N3OS. The molecule has 0 spiro atoms. The summed E-state index contributed by atoms with van der Waals surface area (Å²) < 4.78 is 0. The van der Waals surface area contributed by atoms with Crippen molar-refractivity contribution < 1.29 is 4.79 Å². The number of hydrogen-bond donors (Lipinski definition) is 2. The second-order valence-corrected chi connectivity index (χ2v) is 3.78. The Bertz CT molecular complexity index is 445. The average Bonchev–Trinajstić information content (AvgIpc) is 2.90. The molecule has 2 rings (SSSR count). The van der Waals surface area contributed by atoms with Crippen LogP contribution in [0.2, 0.25) is 0 Å². The molecule has 4 nitrogen and oxygen atoms in total. The Balaban J connectivity index is 1.91. The van der Waals surface area contributed by atoms with Crippen molar-refractivity contribution in [3.63, 3.8) is 0 Å². The topological polar surface area (TPSA) is 57.2 Å². The molecule has 15 heavy (non-hydrogen) atoms. The number of carbonyl (C=O) groups excluding carboxylic acids is 1. The van der Waals surface area contributed by atoms with E-state index in [4.69, 9.17) is 0 Å². The van der Waals surface area contributed by atoms with Crippen LogP contribution < -0.4 is 5.43 Å². The molecule has 2 aromatic rings. The van der Waals surface area contributed by atoms with Gasteiger partial charge in [-0.05, 0) is 23.6 Å². The van der Waals surface area contributed by atoms with E-state index in [1.54, 1.807) is 35.9 Å². The van der Waals surface area contributed by atoms with Gasteiger partial charge in [-0.2, -0.15) is 5.10 Å². The zero-order chi connectivity index (χ0) is 10.5. The minimum atomic E-state index is -0.243. The predicted molar refractivity (Wildman–Crippen MR) is 60.2 cm³/mol. The van der Waals surface area contributed by atoms with Crippen LogP contribution in [0.25, 0.3) is 0 Å². The second-order valence-electron chi connectivity index (χ2n) is 2.80. The number of hydrazone groups is 1. The zero-order valence-corrected chi connectivity index (χ0v) is 8.62. The third kappa shape index (κ3) is 2.54. The van der Waals surface area contributed by atoms with Crippen LogP contribution in [-0.2, 0) is 0 Å². The maximum atomic E-state index is 11.4. The van der Waals surface area contributed by atoms with E-state index in [9.17, 15) is 4.79 Å². The van der Waals surface area contributed by atoms with Crippen molar-refractivity contribution in [2.24, 2.45) is 5.10 Å². The van der Waals surface area contributed by atoms with Crippen molar-refractivity contribution in [3.05, 3.63) is 46.4 Å². The Hall–Kier alpha value is -1.88. The van der Waals surface area contributed by atoms with E-state index in [1.807, 2.05) is 17.5 Å². The molecule has 5 heteroatoms. The van der Waals surface area contributed by atoms with Gasteiger partial charge < -0.3 is 4.98 Å². The summed E-state index contributed by atoms with van der Waals surface area (Å²) >= 11 is 1.56. The Morgan fingerprint density at radius 1 is 1.47 bits per heavy atom. The number of carbonyl (C=O) groups is 1. The molecule has 0 unspecified atom stereocenters. The van der Waals surface area contributed by atoms with E-state index >= 15 is 0 Å². The summed E-state index contributed by atoms with van der Waals surface area (Å²) in [4.78, 5) is 15.2. The fourth-order valence-corrected chi connectivity index (χ4v) is 1.64. The highest BCUT2D eigenvalue weighted by Gasteiger charge is 2.02. The molecule has 0 atom stereocenters. The third-order valence-electron chi connectivity index (χ3n) is 1.74. The lowest BCUT2D eigenvalue weighted by molar-refractivity contribution is 0.0951. The highest BCUT2D eigenvalue weighted by molar-refractivity contribution is 7.11. The van der Waals surface area contributed by atoms with Gasteiger partial charge in [0.25, 0.3) is 5.91 Å². The van der Waals surface area contributed by atoms with Crippen LogP contribution >= 0.6 is 11.3 Å². The van der Waals surface area contributed by atoms with Gasteiger partial charge in [0.15, 0.2) is 0 Å². The van der Waals surface area contributed by atoms with Crippen molar-refractivity contribution in [1.29, 1.82) is 0 Å². The molecule has 0 aliphatic rings. The number of aromatic amines is 1. The van der Waals surface area contributed by atoms with Crippen LogP contribution in [0.4, 0.5) is 0 Å². The van der Waals surface area contributed by atoms with Crippen molar-refractivity contribution in [2.45, 2.75) is 0 Å². The zero-order valence-electron chi connectivity index (χ0n) is 7.81. The van der Waals surface area contributed by atoms with Crippen LogP contribution in [-0.4, -0.2) is 17.1 Å². The lowest BCUT2D eigenvalue weighted by atomic mass is 10.4. The van der Waals surface area contributed by atoms with Gasteiger partial charge in [0.05, 0.1) is 6.21 Å². The molecule has 0 saturated heterocycles. The van der Waals surface area contributed by atoms with Crippen molar-refractivity contribution in [2.75, 3.05) is 0 Å². The summed E-state index contributed by atoms with van der Waals surface area (Å²) in [7, 11) is 0. The maximum Gasteiger partial charge on any atom is 0.287 e. The van der Waals surface area contributed by atoms with Gasteiger partial charge >= 0.3 is 0 Å². The first-order chi connectivity index (χ1) is 7.36. The normalized spacial score (nSPS) is 10.7. The number of H-pyrrole nitrogens is 1. The monoisotopic (exact) mass is 219 g/mol. The molecule has 0 aliphatic heterocycles. The van der Waals surface area contributed by atoms with Crippen molar-refractivity contribution >= 4 is 23.5 Å². The first-order valence-corrected chi connectivity index (χ1v) is 5.24. The Labute approximate surface area is 90.6 Å². The van der Waals surface area contributed by atoms with Gasteiger partial charge in [-0.15, -0.1) is 11.3 Å². The molecule has 0 saturated carbocycles. The van der Waals surface area contributed by atoms with Gasteiger partial charge in [-0.25, -0.2) is 5.43 Å². The first kappa shape index (κ1) is 9.67. The summed E-state index contributed by atoms with van der Waals surface area (Å²) in [5.41, 5.74) is 2.93. The van der Waals surface area contributed by atoms with Crippen LogP contribution in [0.5, 0.6) is 0 Å². The second kappa shape index (κ2) is 4.56. The standard InChI is InChI=1S/C10H9N3OS/c14-10(9-4-1-5-11-9)13-12-7-8-3-2-6-15-8/h1-7,11H,(H,13,14)/b12-7-. The summed E-state index contributed by atoms with van der Waals surface area (Å²) in [6, 6.07) is 7.31. The van der Waals surface area contributed by atoms with E-state index in [0.717, 1.165) is 4.88 Å². The number of thiophene rings is 1. The fraction of sp³-hybridized carbons (Fsp3) is 0. The van der Waals surface area contributed by atoms with E-state index in [0.29, 0.717) is 5.69 Å². The smallest absolute Gasteiger partial charge is 0.287 e. The molecule has 1 amide bonds. The highest BCUT2D eigenvalue weighted by atomic mass is 32.1. The SMILES string of the molecule is O=C(N/N=C\c1cccs1)c1ccc[nH]1. The molecule has 0 aliphatic carbocycles. The third-order valence-corrected chi connectivity index (χ3v) is 2.55. The van der Waals surface area contributed by atoms with Gasteiger partial charge in [-0.1, -0.05) is 6.07 Å². The minimum absolute atomic E-state index is 0.243. The number of hydrogen-bond acceptors (Lipinski definition) is 3. The Morgan fingerprint density at radius 3 is 3.07 bits per heavy atom. The molecule has 2 aromatic heterocycles. The molecule has 2 heterocycles. The molecule has 0 radical (unpaired) electrons. The van der Waals surface area contributed by atoms with E-state index in [-0.39, 0.29) is 5.91 Å². The molecule has 2 N–H and O–H groups in total. The molecule has 0 bridgehead atoms. The quantitative estimate of drug-likeness (QED) is 0.600. The Morgan fingerprint density at radius 2 is 2.40 bits per heavy atom. The summed E-state index contributed by atoms with van der Waals surface area (Å²) in [6.45, 7) is 0. The number of nitrogens with one attached hydrogen (secondary N) is 2. The van der Waals surface area contributed by atoms with Gasteiger partial charge in [-0.3, -0.25) is 4.79 Å². The molecule has 0 fully saturated rings. The van der Waals surface area contributed by atoms with Crippen LogP contribution in [0.3, 0.4) is 0 Å². The molecular weight excluding hydrogens is 210 g/mol. The number of nitrogens with zero attached hydrogens (tertiary/aromatic N) is 1. The minimum Gasteiger partial charge on any atom is -0.357 e. The molecule has 76 valence electrons. The van der Waals surface area contributed by atoms with E-state index in [2.05, 4.69) is 15.5 Å². The maximum absolute atomic E-state index is 11.4. The largest absolute Gasteiger partial charge is 0.357 e. The lowest BCUT2D eigenvalue weighted by Crippen LogP contribution is -2.17. The first-order valence-electron chi connectivity index (χ1n) is 4.36. The Kier molecular flexibility index (Phi) is 2.94. The van der Waals surface area contributed by atoms with Gasteiger partial charge in [0.2, 0.25) is 0 Å². The average molecular weight is 219 g/mol. The number of amides is 1. The number of rotatable bonds is 3. The van der Waals surface area contributed by atoms with Gasteiger partial charge in [0.1, 0.15) is 5.69 Å². The molecule has 0 aromatic carbocycles. The fourth-order valence-electron chi connectivity index (χ4n) is 1.05. The van der Waals surface area contributed by atoms with Crippen LogP contribution in [0, 0.1) is 0 Å². The van der Waals surface area contributed by atoms with E-state index in [1.165, 1.54) is 0 Å². The lowest BCUT2D eigenvalue weighted by Gasteiger charge is -1.94. The summed E-state index contributed by atoms with van der Waals surface area (Å²) in [5, 5.41) is 5.79. The number of aromatic nitrogens is 1.